The number of carboxylic acid groups (broad SMARTS) is 1. The van der Waals surface area contributed by atoms with Crippen LogP contribution in [0.4, 0.5) is 0 Å². The van der Waals surface area contributed by atoms with Crippen molar-refractivity contribution in [2.75, 3.05) is 14.2 Å². The van der Waals surface area contributed by atoms with Crippen molar-refractivity contribution < 1.29 is 24.4 Å². The molecule has 13 heavy (non-hydrogen) atoms. The Balaban J connectivity index is 4.17. The molecule has 0 aliphatic rings. The third kappa shape index (κ3) is 4.44. The highest BCUT2D eigenvalue weighted by atomic mass is 17.2. The molecular formula is C7H13NO5. The Kier molecular flexibility index (Phi) is 5.82. The van der Waals surface area contributed by atoms with Crippen LogP contribution in [0.1, 0.15) is 6.92 Å². The van der Waals surface area contributed by atoms with Crippen LogP contribution in [0.5, 0.6) is 0 Å². The van der Waals surface area contributed by atoms with E-state index in [4.69, 9.17) is 9.84 Å². The monoisotopic (exact) mass is 191 g/mol. The predicted molar refractivity (Wildman–Crippen MR) is 44.5 cm³/mol. The Labute approximate surface area is 76.0 Å². The largest absolute Gasteiger partial charge is 0.480 e. The molecular weight excluding hydrogens is 178 g/mol. The van der Waals surface area contributed by atoms with Crippen molar-refractivity contribution in [1.82, 2.24) is 0 Å². The van der Waals surface area contributed by atoms with E-state index in [1.807, 2.05) is 0 Å². The molecule has 0 saturated carbocycles. The average molecular weight is 191 g/mol. The molecule has 0 spiro atoms. The van der Waals surface area contributed by atoms with Crippen molar-refractivity contribution >= 4 is 12.4 Å². The molecule has 0 aliphatic carbocycles. The van der Waals surface area contributed by atoms with Crippen molar-refractivity contribution in [3.05, 3.63) is 0 Å². The lowest BCUT2D eigenvalue weighted by Gasteiger charge is -2.13. The fourth-order valence-electron chi connectivity index (χ4n) is 0.648. The number of aliphatic imine (C=N–C) groups is 1. The predicted octanol–water partition coefficient (Wildman–Crippen LogP) is 0.0808. The van der Waals surface area contributed by atoms with Gasteiger partial charge in [0.05, 0.1) is 13.2 Å². The van der Waals surface area contributed by atoms with Gasteiger partial charge in [-0.15, -0.1) is 0 Å². The first-order chi connectivity index (χ1) is 6.13. The second kappa shape index (κ2) is 6.38. The van der Waals surface area contributed by atoms with E-state index in [0.29, 0.717) is 0 Å². The van der Waals surface area contributed by atoms with Gasteiger partial charge in [0.25, 0.3) is 0 Å². The van der Waals surface area contributed by atoms with Crippen molar-refractivity contribution in [3.63, 3.8) is 0 Å². The summed E-state index contributed by atoms with van der Waals surface area (Å²) in [4.78, 5) is 22.7. The van der Waals surface area contributed by atoms with Crippen LogP contribution in [0.25, 0.3) is 0 Å². The summed E-state index contributed by atoms with van der Waals surface area (Å²) in [6.07, 6.45) is 0.406. The van der Waals surface area contributed by atoms with E-state index in [9.17, 15) is 4.79 Å². The molecule has 0 rings (SSSR count). The summed E-state index contributed by atoms with van der Waals surface area (Å²) in [6, 6.07) is -0.986. The smallest absolute Gasteiger partial charge is 0.331 e. The van der Waals surface area contributed by atoms with E-state index in [1.165, 1.54) is 14.2 Å². The zero-order valence-electron chi connectivity index (χ0n) is 7.76. The molecule has 2 atom stereocenters. The third-order valence-electron chi connectivity index (χ3n) is 1.43. The van der Waals surface area contributed by atoms with Crippen LogP contribution in [0.2, 0.25) is 0 Å². The van der Waals surface area contributed by atoms with E-state index in [2.05, 4.69) is 14.8 Å². The van der Waals surface area contributed by atoms with E-state index >= 15 is 0 Å². The van der Waals surface area contributed by atoms with Crippen LogP contribution >= 0.6 is 0 Å². The van der Waals surface area contributed by atoms with Gasteiger partial charge in [0.1, 0.15) is 0 Å². The lowest BCUT2D eigenvalue weighted by Crippen LogP contribution is -2.31. The molecule has 0 saturated heterocycles. The van der Waals surface area contributed by atoms with E-state index in [-0.39, 0.29) is 0 Å². The van der Waals surface area contributed by atoms with Crippen LogP contribution in [0.15, 0.2) is 4.99 Å². The minimum atomic E-state index is -1.08. The van der Waals surface area contributed by atoms with Gasteiger partial charge in [0.2, 0.25) is 6.40 Å². The maximum atomic E-state index is 10.6. The molecule has 1 unspecified atom stereocenters. The van der Waals surface area contributed by atoms with Crippen LogP contribution in [-0.4, -0.2) is 43.8 Å². The van der Waals surface area contributed by atoms with Crippen molar-refractivity contribution in [1.29, 1.82) is 0 Å². The van der Waals surface area contributed by atoms with Gasteiger partial charge in [-0.3, -0.25) is 0 Å². The minimum absolute atomic E-state index is 0.519. The van der Waals surface area contributed by atoms with Crippen LogP contribution in [0, 0.1) is 0 Å². The molecule has 0 heterocycles. The fourth-order valence-corrected chi connectivity index (χ4v) is 0.648. The first kappa shape index (κ1) is 11.9. The van der Waals surface area contributed by atoms with Crippen molar-refractivity contribution in [2.24, 2.45) is 4.99 Å². The second-order valence-corrected chi connectivity index (χ2v) is 2.24. The summed E-state index contributed by atoms with van der Waals surface area (Å²) in [7, 11) is 2.70. The highest BCUT2D eigenvalue weighted by molar-refractivity contribution is 5.75. The maximum Gasteiger partial charge on any atom is 0.331 e. The van der Waals surface area contributed by atoms with Gasteiger partial charge in [-0.1, -0.05) is 0 Å². The number of carboxylic acids is 1. The molecule has 6 heteroatoms. The van der Waals surface area contributed by atoms with Gasteiger partial charge in [-0.05, 0) is 6.92 Å². The Morgan fingerprint density at radius 2 is 2.15 bits per heavy atom. The molecule has 1 N–H and O–H groups in total. The van der Waals surface area contributed by atoms with E-state index in [0.717, 1.165) is 6.40 Å². The molecule has 0 aromatic rings. The number of nitrogens with zero attached hydrogens (tertiary/aromatic N) is 1. The lowest BCUT2D eigenvalue weighted by molar-refractivity contribution is -0.188. The van der Waals surface area contributed by atoms with Crippen molar-refractivity contribution in [2.45, 2.75) is 19.1 Å². The molecule has 76 valence electrons. The Morgan fingerprint density at radius 3 is 2.54 bits per heavy atom. The van der Waals surface area contributed by atoms with Gasteiger partial charge in [0.15, 0.2) is 6.04 Å². The zero-order chi connectivity index (χ0) is 10.3. The quantitative estimate of drug-likeness (QED) is 0.278. The summed E-state index contributed by atoms with van der Waals surface area (Å²) in [5.74, 6) is -1.08. The number of hydrogen-bond donors (Lipinski definition) is 1. The van der Waals surface area contributed by atoms with Gasteiger partial charge < -0.3 is 14.7 Å². The molecule has 0 aromatic heterocycles. The molecule has 0 bridgehead atoms. The third-order valence-corrected chi connectivity index (χ3v) is 1.43. The van der Waals surface area contributed by atoms with Gasteiger partial charge in [-0.25, -0.2) is 9.79 Å². The van der Waals surface area contributed by atoms with Crippen molar-refractivity contribution in [3.8, 4) is 0 Å². The zero-order valence-corrected chi connectivity index (χ0v) is 7.76. The van der Waals surface area contributed by atoms with E-state index < -0.39 is 18.1 Å². The summed E-state index contributed by atoms with van der Waals surface area (Å²) < 4.78 is 4.81. The number of hydrogen-bond acceptors (Lipinski definition) is 5. The van der Waals surface area contributed by atoms with Crippen LogP contribution < -0.4 is 0 Å². The number of methoxy groups -OCH3 is 1. The topological polar surface area (TPSA) is 77.4 Å². The number of rotatable bonds is 6. The molecule has 0 amide bonds. The fraction of sp³-hybridized carbons (Fsp3) is 0.714. The highest BCUT2D eigenvalue weighted by Gasteiger charge is 2.23. The number of aliphatic carboxylic acids is 1. The first-order valence-corrected chi connectivity index (χ1v) is 3.60. The van der Waals surface area contributed by atoms with Gasteiger partial charge in [-0.2, -0.15) is 4.89 Å². The highest BCUT2D eigenvalue weighted by Crippen LogP contribution is 2.02. The molecule has 6 nitrogen and oxygen atoms in total. The SMILES string of the molecule is COO/C=N/C(C(=O)O)[C@@H](C)OC. The molecule has 0 aromatic carbocycles. The average Bonchev–Trinajstić information content (AvgIpc) is 2.11. The van der Waals surface area contributed by atoms with Crippen LogP contribution in [-0.2, 0) is 19.3 Å². The summed E-state index contributed by atoms with van der Waals surface area (Å²) in [6.45, 7) is 1.60. The minimum Gasteiger partial charge on any atom is -0.480 e. The van der Waals surface area contributed by atoms with E-state index in [1.54, 1.807) is 6.92 Å². The Bertz CT molecular complexity index is 182. The second-order valence-electron chi connectivity index (χ2n) is 2.24. The molecule has 0 aliphatic heterocycles. The van der Waals surface area contributed by atoms with Gasteiger partial charge >= 0.3 is 5.97 Å². The first-order valence-electron chi connectivity index (χ1n) is 3.60. The lowest BCUT2D eigenvalue weighted by atomic mass is 10.2. The maximum absolute atomic E-state index is 10.6. The van der Waals surface area contributed by atoms with Crippen LogP contribution in [0.3, 0.4) is 0 Å². The molecule has 0 radical (unpaired) electrons. The standard InChI is InChI=1S/C7H13NO5/c1-5(11-2)6(7(9)10)8-4-13-12-3/h4-6H,1-3H3,(H,9,10)/b8-4+/t5-,6?/m1/s1. The van der Waals surface area contributed by atoms with Gasteiger partial charge in [0, 0.05) is 7.11 Å². The normalized spacial score (nSPS) is 15.6. The summed E-state index contributed by atoms with van der Waals surface area (Å²) in [5.41, 5.74) is 0. The number of ether oxygens (including phenoxy) is 1. The Hall–Kier alpha value is -1.14. The molecule has 0 fully saturated rings. The summed E-state index contributed by atoms with van der Waals surface area (Å²) in [5, 5.41) is 8.68. The number of carbonyl (C=O) groups is 1. The summed E-state index contributed by atoms with van der Waals surface area (Å²) >= 11 is 0. The Morgan fingerprint density at radius 1 is 1.54 bits per heavy atom.